The lowest BCUT2D eigenvalue weighted by molar-refractivity contribution is -0.0803. The minimum absolute atomic E-state index is 0.226. The molecule has 0 aromatic heterocycles. The molecule has 0 bridgehead atoms. The van der Waals surface area contributed by atoms with Gasteiger partial charge in [-0.1, -0.05) is 6.08 Å². The van der Waals surface area contributed by atoms with Crippen LogP contribution in [0.2, 0.25) is 0 Å². The number of halogens is 4. The Hall–Kier alpha value is -0.0000000000000000555. The molecule has 0 atom stereocenters. The van der Waals surface area contributed by atoms with Gasteiger partial charge in [0.25, 0.3) is 0 Å². The molecule has 0 aliphatic rings. The van der Waals surface area contributed by atoms with E-state index in [0.29, 0.717) is 0 Å². The van der Waals surface area contributed by atoms with Gasteiger partial charge in [0.1, 0.15) is 0 Å². The number of allylic oxidation sites excluding steroid dienone is 4. The second-order valence-electron chi connectivity index (χ2n) is 2.16. The molecule has 0 spiro atoms. The molecular weight excluding hydrogens is 268 g/mol. The van der Waals surface area contributed by atoms with Crippen LogP contribution in [-0.4, -0.2) is 6.18 Å². The van der Waals surface area contributed by atoms with Gasteiger partial charge in [-0.3, -0.25) is 0 Å². The summed E-state index contributed by atoms with van der Waals surface area (Å²) >= 11 is 1.96. The van der Waals surface area contributed by atoms with Gasteiger partial charge in [0.05, 0.1) is 0 Å². The molecule has 4 heteroatoms. The van der Waals surface area contributed by atoms with E-state index in [4.69, 9.17) is 0 Å². The molecular formula is C7H8F3I. The first kappa shape index (κ1) is 11.0. The van der Waals surface area contributed by atoms with Crippen molar-refractivity contribution in [2.24, 2.45) is 0 Å². The van der Waals surface area contributed by atoms with Crippen LogP contribution in [0.4, 0.5) is 13.2 Å². The SMILES string of the molecule is C/C(I)=C/C(C)=C/C(F)(F)F. The molecule has 0 saturated heterocycles. The van der Waals surface area contributed by atoms with E-state index in [1.807, 2.05) is 22.6 Å². The van der Waals surface area contributed by atoms with E-state index in [9.17, 15) is 13.2 Å². The van der Waals surface area contributed by atoms with Crippen LogP contribution in [0.25, 0.3) is 0 Å². The second kappa shape index (κ2) is 4.13. The van der Waals surface area contributed by atoms with Crippen LogP contribution < -0.4 is 0 Å². The highest BCUT2D eigenvalue weighted by molar-refractivity contribution is 14.1. The Balaban J connectivity index is 4.36. The van der Waals surface area contributed by atoms with Crippen molar-refractivity contribution in [1.29, 1.82) is 0 Å². The van der Waals surface area contributed by atoms with Gasteiger partial charge in [0.15, 0.2) is 0 Å². The Kier molecular flexibility index (Phi) is 4.13. The van der Waals surface area contributed by atoms with Crippen LogP contribution in [0.15, 0.2) is 21.3 Å². The molecule has 0 aromatic carbocycles. The molecule has 0 unspecified atom stereocenters. The van der Waals surface area contributed by atoms with Gasteiger partial charge in [-0.15, -0.1) is 0 Å². The highest BCUT2D eigenvalue weighted by atomic mass is 127. The summed E-state index contributed by atoms with van der Waals surface area (Å²) in [6.07, 6.45) is -2.43. The molecule has 0 rings (SSSR count). The van der Waals surface area contributed by atoms with Gasteiger partial charge in [-0.05, 0) is 45.6 Å². The van der Waals surface area contributed by atoms with Crippen molar-refractivity contribution in [2.45, 2.75) is 20.0 Å². The van der Waals surface area contributed by atoms with E-state index < -0.39 is 6.18 Å². The maximum Gasteiger partial charge on any atom is 0.410 e. The minimum Gasteiger partial charge on any atom is -0.167 e. The fourth-order valence-electron chi connectivity index (χ4n) is 0.614. The third-order valence-electron chi connectivity index (χ3n) is 0.818. The zero-order valence-corrected chi connectivity index (χ0v) is 8.32. The zero-order valence-electron chi connectivity index (χ0n) is 6.17. The Morgan fingerprint density at radius 1 is 1.27 bits per heavy atom. The molecule has 0 N–H and O–H groups in total. The van der Waals surface area contributed by atoms with Crippen molar-refractivity contribution in [3.63, 3.8) is 0 Å². The van der Waals surface area contributed by atoms with Crippen LogP contribution >= 0.6 is 22.6 Å². The third kappa shape index (κ3) is 7.90. The summed E-state index contributed by atoms with van der Waals surface area (Å²) in [6.45, 7) is 3.17. The summed E-state index contributed by atoms with van der Waals surface area (Å²) < 4.78 is 35.8. The molecule has 0 fully saturated rings. The fraction of sp³-hybridized carbons (Fsp3) is 0.429. The Morgan fingerprint density at radius 2 is 1.73 bits per heavy atom. The van der Waals surface area contributed by atoms with Gasteiger partial charge < -0.3 is 0 Å². The Morgan fingerprint density at radius 3 is 2.00 bits per heavy atom. The Labute approximate surface area is 77.3 Å². The number of hydrogen-bond acceptors (Lipinski definition) is 0. The molecule has 11 heavy (non-hydrogen) atoms. The van der Waals surface area contributed by atoms with Gasteiger partial charge in [-0.2, -0.15) is 13.2 Å². The van der Waals surface area contributed by atoms with Crippen LogP contribution in [0, 0.1) is 0 Å². The summed E-state index contributed by atoms with van der Waals surface area (Å²) in [5.41, 5.74) is 0.226. The summed E-state index contributed by atoms with van der Waals surface area (Å²) in [7, 11) is 0. The number of rotatable bonds is 1. The largest absolute Gasteiger partial charge is 0.410 e. The topological polar surface area (TPSA) is 0 Å². The van der Waals surface area contributed by atoms with Crippen molar-refractivity contribution in [1.82, 2.24) is 0 Å². The number of alkyl halides is 3. The molecule has 0 aromatic rings. The predicted molar refractivity (Wildman–Crippen MR) is 47.6 cm³/mol. The standard InChI is InChI=1S/C7H8F3I/c1-5(3-6(2)11)4-7(8,9)10/h3-4H,1-2H3/b5-4+,6-3-. The number of hydrogen-bond donors (Lipinski definition) is 0. The average Bonchev–Trinajstić information content (AvgIpc) is 1.53. The first-order chi connectivity index (χ1) is 4.81. The molecule has 0 amide bonds. The first-order valence-electron chi connectivity index (χ1n) is 2.91. The van der Waals surface area contributed by atoms with E-state index in [0.717, 1.165) is 3.58 Å². The summed E-state index contributed by atoms with van der Waals surface area (Å²) in [6, 6.07) is 0. The maximum atomic E-state index is 11.6. The smallest absolute Gasteiger partial charge is 0.167 e. The van der Waals surface area contributed by atoms with Gasteiger partial charge in [-0.25, -0.2) is 0 Å². The molecule has 0 heterocycles. The molecule has 0 aliphatic heterocycles. The molecule has 0 radical (unpaired) electrons. The minimum atomic E-state index is -4.20. The second-order valence-corrected chi connectivity index (χ2v) is 3.86. The Bertz CT molecular complexity index is 184. The van der Waals surface area contributed by atoms with E-state index in [1.54, 1.807) is 6.92 Å². The summed E-state index contributed by atoms with van der Waals surface area (Å²) in [5.74, 6) is 0. The van der Waals surface area contributed by atoms with Crippen molar-refractivity contribution >= 4 is 22.6 Å². The van der Waals surface area contributed by atoms with Crippen LogP contribution in [0.1, 0.15) is 13.8 Å². The van der Waals surface area contributed by atoms with Crippen molar-refractivity contribution in [3.05, 3.63) is 21.3 Å². The van der Waals surface area contributed by atoms with Gasteiger partial charge in [0, 0.05) is 6.08 Å². The predicted octanol–water partition coefficient (Wildman–Crippen LogP) is 3.83. The molecule has 0 nitrogen and oxygen atoms in total. The highest BCUT2D eigenvalue weighted by Gasteiger charge is 2.22. The van der Waals surface area contributed by atoms with Crippen LogP contribution in [0.5, 0.6) is 0 Å². The van der Waals surface area contributed by atoms with E-state index >= 15 is 0 Å². The van der Waals surface area contributed by atoms with Crippen LogP contribution in [-0.2, 0) is 0 Å². The highest BCUT2D eigenvalue weighted by Crippen LogP contribution is 2.20. The monoisotopic (exact) mass is 276 g/mol. The third-order valence-corrected chi connectivity index (χ3v) is 1.13. The lowest BCUT2D eigenvalue weighted by atomic mass is 10.2. The van der Waals surface area contributed by atoms with E-state index in [-0.39, 0.29) is 11.6 Å². The lowest BCUT2D eigenvalue weighted by Crippen LogP contribution is -2.01. The normalized spacial score (nSPS) is 15.5. The fourth-order valence-corrected chi connectivity index (χ4v) is 1.10. The molecule has 0 aliphatic carbocycles. The molecule has 0 saturated carbocycles. The van der Waals surface area contributed by atoms with Gasteiger partial charge in [0.2, 0.25) is 0 Å². The lowest BCUT2D eigenvalue weighted by Gasteiger charge is -1.99. The van der Waals surface area contributed by atoms with Crippen molar-refractivity contribution in [3.8, 4) is 0 Å². The average molecular weight is 276 g/mol. The molecule has 64 valence electrons. The quantitative estimate of drug-likeness (QED) is 0.504. The first-order valence-corrected chi connectivity index (χ1v) is 3.99. The van der Waals surface area contributed by atoms with E-state index in [1.165, 1.54) is 13.0 Å². The zero-order chi connectivity index (χ0) is 9.07. The maximum absolute atomic E-state index is 11.6. The van der Waals surface area contributed by atoms with Crippen molar-refractivity contribution in [2.75, 3.05) is 0 Å². The van der Waals surface area contributed by atoms with Crippen molar-refractivity contribution < 1.29 is 13.2 Å². The van der Waals surface area contributed by atoms with Crippen LogP contribution in [0.3, 0.4) is 0 Å². The summed E-state index contributed by atoms with van der Waals surface area (Å²) in [5, 5.41) is 0. The van der Waals surface area contributed by atoms with E-state index in [2.05, 4.69) is 0 Å². The van der Waals surface area contributed by atoms with Gasteiger partial charge >= 0.3 is 6.18 Å². The summed E-state index contributed by atoms with van der Waals surface area (Å²) in [4.78, 5) is 0.